The zero-order valence-electron chi connectivity index (χ0n) is 9.71. The standard InChI is InChI=1S/C11H11ClN4O2/c1-2-5-15-10(3-4-13-15)9-6-8(16(17)18)7-11(12)14-9/h3-4,6-7H,2,5H2,1H3. The second-order valence-corrected chi connectivity index (χ2v) is 4.12. The van der Waals surface area contributed by atoms with Crippen molar-refractivity contribution in [1.29, 1.82) is 0 Å². The molecule has 0 amide bonds. The van der Waals surface area contributed by atoms with Crippen molar-refractivity contribution < 1.29 is 4.92 Å². The first kappa shape index (κ1) is 12.5. The van der Waals surface area contributed by atoms with Crippen molar-refractivity contribution in [3.63, 3.8) is 0 Å². The van der Waals surface area contributed by atoms with Crippen LogP contribution in [0.1, 0.15) is 13.3 Å². The third-order valence-corrected chi connectivity index (χ3v) is 2.60. The highest BCUT2D eigenvalue weighted by atomic mass is 35.5. The molecule has 0 atom stereocenters. The Morgan fingerprint density at radius 2 is 2.28 bits per heavy atom. The smallest absolute Gasteiger partial charge is 0.263 e. The van der Waals surface area contributed by atoms with Gasteiger partial charge in [0.25, 0.3) is 5.69 Å². The molecule has 0 N–H and O–H groups in total. The zero-order chi connectivity index (χ0) is 13.1. The summed E-state index contributed by atoms with van der Waals surface area (Å²) in [6.45, 7) is 2.75. The van der Waals surface area contributed by atoms with Gasteiger partial charge in [0.15, 0.2) is 0 Å². The summed E-state index contributed by atoms with van der Waals surface area (Å²) in [7, 11) is 0. The average molecular weight is 267 g/mol. The Morgan fingerprint density at radius 3 is 2.94 bits per heavy atom. The lowest BCUT2D eigenvalue weighted by atomic mass is 10.2. The predicted octanol–water partition coefficient (Wildman–Crippen LogP) is 2.92. The zero-order valence-corrected chi connectivity index (χ0v) is 10.5. The molecule has 18 heavy (non-hydrogen) atoms. The maximum Gasteiger partial charge on any atom is 0.274 e. The molecular weight excluding hydrogens is 256 g/mol. The Hall–Kier alpha value is -1.95. The van der Waals surface area contributed by atoms with Crippen molar-refractivity contribution in [3.05, 3.63) is 39.7 Å². The van der Waals surface area contributed by atoms with E-state index >= 15 is 0 Å². The summed E-state index contributed by atoms with van der Waals surface area (Å²) in [6.07, 6.45) is 2.55. The van der Waals surface area contributed by atoms with Gasteiger partial charge in [0, 0.05) is 18.8 Å². The van der Waals surface area contributed by atoms with Gasteiger partial charge in [0.1, 0.15) is 5.15 Å². The van der Waals surface area contributed by atoms with Gasteiger partial charge in [0.2, 0.25) is 0 Å². The molecule has 2 rings (SSSR count). The molecule has 0 aliphatic rings. The number of rotatable bonds is 4. The van der Waals surface area contributed by atoms with Crippen LogP contribution in [0.5, 0.6) is 0 Å². The molecule has 7 heteroatoms. The largest absolute Gasteiger partial charge is 0.274 e. The van der Waals surface area contributed by atoms with E-state index in [-0.39, 0.29) is 10.8 Å². The highest BCUT2D eigenvalue weighted by molar-refractivity contribution is 6.29. The van der Waals surface area contributed by atoms with E-state index in [9.17, 15) is 10.1 Å². The minimum Gasteiger partial charge on any atom is -0.263 e. The molecule has 0 bridgehead atoms. The quantitative estimate of drug-likeness (QED) is 0.484. The van der Waals surface area contributed by atoms with E-state index in [1.54, 1.807) is 16.9 Å². The maximum absolute atomic E-state index is 10.8. The fourth-order valence-electron chi connectivity index (χ4n) is 1.66. The second-order valence-electron chi connectivity index (χ2n) is 3.73. The first-order chi connectivity index (χ1) is 8.61. The highest BCUT2D eigenvalue weighted by Crippen LogP contribution is 2.25. The molecule has 2 aromatic rings. The van der Waals surface area contributed by atoms with Gasteiger partial charge in [-0.25, -0.2) is 4.98 Å². The number of hydrogen-bond donors (Lipinski definition) is 0. The molecule has 0 aliphatic carbocycles. The Kier molecular flexibility index (Phi) is 3.57. The monoisotopic (exact) mass is 266 g/mol. The molecule has 0 fully saturated rings. The van der Waals surface area contributed by atoms with Crippen LogP contribution >= 0.6 is 11.6 Å². The van der Waals surface area contributed by atoms with Crippen LogP contribution in [-0.2, 0) is 6.54 Å². The van der Waals surface area contributed by atoms with E-state index in [4.69, 9.17) is 11.6 Å². The molecule has 6 nitrogen and oxygen atoms in total. The fraction of sp³-hybridized carbons (Fsp3) is 0.273. The third-order valence-electron chi connectivity index (χ3n) is 2.40. The van der Waals surface area contributed by atoms with Crippen LogP contribution in [0.4, 0.5) is 5.69 Å². The topological polar surface area (TPSA) is 73.8 Å². The number of nitro groups is 1. The van der Waals surface area contributed by atoms with Crippen molar-refractivity contribution in [2.24, 2.45) is 0 Å². The van der Waals surface area contributed by atoms with Crippen LogP contribution < -0.4 is 0 Å². The summed E-state index contributed by atoms with van der Waals surface area (Å²) in [5.41, 5.74) is 1.11. The maximum atomic E-state index is 10.8. The molecule has 2 heterocycles. The van der Waals surface area contributed by atoms with Crippen LogP contribution in [-0.4, -0.2) is 19.7 Å². The van der Waals surface area contributed by atoms with Crippen molar-refractivity contribution in [1.82, 2.24) is 14.8 Å². The second kappa shape index (κ2) is 5.14. The lowest BCUT2D eigenvalue weighted by Crippen LogP contribution is -2.02. The summed E-state index contributed by atoms with van der Waals surface area (Å²) < 4.78 is 1.75. The summed E-state index contributed by atoms with van der Waals surface area (Å²) in [5, 5.41) is 15.0. The van der Waals surface area contributed by atoms with E-state index in [1.807, 2.05) is 6.92 Å². The molecular formula is C11H11ClN4O2. The molecule has 0 saturated heterocycles. The Balaban J connectivity index is 2.49. The van der Waals surface area contributed by atoms with E-state index in [1.165, 1.54) is 12.1 Å². The van der Waals surface area contributed by atoms with Crippen molar-refractivity contribution >= 4 is 17.3 Å². The fourth-order valence-corrected chi connectivity index (χ4v) is 1.86. The first-order valence-electron chi connectivity index (χ1n) is 5.46. The Bertz CT molecular complexity index is 582. The number of halogens is 1. The molecule has 0 radical (unpaired) electrons. The van der Waals surface area contributed by atoms with Crippen molar-refractivity contribution in [3.8, 4) is 11.4 Å². The number of aryl methyl sites for hydroxylation is 1. The number of aromatic nitrogens is 3. The van der Waals surface area contributed by atoms with Gasteiger partial charge in [-0.2, -0.15) is 5.10 Å². The van der Waals surface area contributed by atoms with Gasteiger partial charge >= 0.3 is 0 Å². The third kappa shape index (κ3) is 2.48. The molecule has 0 aromatic carbocycles. The highest BCUT2D eigenvalue weighted by Gasteiger charge is 2.14. The van der Waals surface area contributed by atoms with Crippen LogP contribution in [0.15, 0.2) is 24.4 Å². The summed E-state index contributed by atoms with van der Waals surface area (Å²) in [4.78, 5) is 14.4. The van der Waals surface area contributed by atoms with Crippen LogP contribution in [0.3, 0.4) is 0 Å². The summed E-state index contributed by atoms with van der Waals surface area (Å²) >= 11 is 5.80. The van der Waals surface area contributed by atoms with Crippen molar-refractivity contribution in [2.75, 3.05) is 0 Å². The lowest BCUT2D eigenvalue weighted by molar-refractivity contribution is -0.384. The predicted molar refractivity (Wildman–Crippen MR) is 67.4 cm³/mol. The van der Waals surface area contributed by atoms with E-state index in [0.29, 0.717) is 5.69 Å². The average Bonchev–Trinajstić information content (AvgIpc) is 2.77. The number of pyridine rings is 1. The molecule has 94 valence electrons. The van der Waals surface area contributed by atoms with E-state index in [2.05, 4.69) is 10.1 Å². The summed E-state index contributed by atoms with van der Waals surface area (Å²) in [5.74, 6) is 0. The molecule has 0 aliphatic heterocycles. The van der Waals surface area contributed by atoms with Gasteiger partial charge < -0.3 is 0 Å². The number of hydrogen-bond acceptors (Lipinski definition) is 4. The number of nitrogens with zero attached hydrogens (tertiary/aromatic N) is 4. The first-order valence-corrected chi connectivity index (χ1v) is 5.83. The van der Waals surface area contributed by atoms with E-state index < -0.39 is 4.92 Å². The van der Waals surface area contributed by atoms with Crippen molar-refractivity contribution in [2.45, 2.75) is 19.9 Å². The Labute approximate surface area is 108 Å². The van der Waals surface area contributed by atoms with Crippen LogP contribution in [0, 0.1) is 10.1 Å². The van der Waals surface area contributed by atoms with E-state index in [0.717, 1.165) is 18.7 Å². The normalized spacial score (nSPS) is 10.6. The SMILES string of the molecule is CCCn1nccc1-c1cc([N+](=O)[O-])cc(Cl)n1. The van der Waals surface area contributed by atoms with Crippen LogP contribution in [0.2, 0.25) is 5.15 Å². The molecule has 0 unspecified atom stereocenters. The lowest BCUT2D eigenvalue weighted by Gasteiger charge is -2.05. The van der Waals surface area contributed by atoms with Gasteiger partial charge in [-0.05, 0) is 12.5 Å². The van der Waals surface area contributed by atoms with Crippen LogP contribution in [0.25, 0.3) is 11.4 Å². The van der Waals surface area contributed by atoms with Gasteiger partial charge in [0.05, 0.1) is 22.4 Å². The van der Waals surface area contributed by atoms with Gasteiger partial charge in [-0.3, -0.25) is 14.8 Å². The molecule has 0 saturated carbocycles. The Morgan fingerprint density at radius 1 is 1.50 bits per heavy atom. The molecule has 2 aromatic heterocycles. The van der Waals surface area contributed by atoms with Gasteiger partial charge in [-0.15, -0.1) is 0 Å². The van der Waals surface area contributed by atoms with Gasteiger partial charge in [-0.1, -0.05) is 18.5 Å². The minimum absolute atomic E-state index is 0.0748. The minimum atomic E-state index is -0.489. The summed E-state index contributed by atoms with van der Waals surface area (Å²) in [6, 6.07) is 4.39. The molecule has 0 spiro atoms.